The van der Waals surface area contributed by atoms with Crippen LogP contribution in [-0.4, -0.2) is 82.3 Å². The maximum absolute atomic E-state index is 13.4. The smallest absolute Gasteiger partial charge is 0.411 e. The third-order valence-electron chi connectivity index (χ3n) is 7.14. The van der Waals surface area contributed by atoms with Crippen LogP contribution in [0.5, 0.6) is 11.6 Å². The molecule has 1 aliphatic rings. The Morgan fingerprint density at radius 1 is 1.07 bits per heavy atom. The van der Waals surface area contributed by atoms with Gasteiger partial charge in [-0.3, -0.25) is 10.1 Å². The molecule has 11 nitrogen and oxygen atoms in total. The van der Waals surface area contributed by atoms with Gasteiger partial charge in [-0.15, -0.1) is 0 Å². The first-order valence-corrected chi connectivity index (χ1v) is 13.9. The second-order valence-corrected chi connectivity index (χ2v) is 10.2. The van der Waals surface area contributed by atoms with Crippen molar-refractivity contribution in [3.63, 3.8) is 0 Å². The van der Waals surface area contributed by atoms with Gasteiger partial charge in [0.2, 0.25) is 5.88 Å². The fourth-order valence-corrected chi connectivity index (χ4v) is 4.97. The Kier molecular flexibility index (Phi) is 9.94. The maximum Gasteiger partial charge on any atom is 0.411 e. The molecule has 1 saturated heterocycles. The minimum Gasteiger partial charge on any atom is -0.497 e. The van der Waals surface area contributed by atoms with Crippen molar-refractivity contribution in [3.05, 3.63) is 48.5 Å². The summed E-state index contributed by atoms with van der Waals surface area (Å²) < 4.78 is 11.7. The number of hydrogen-bond acceptors (Lipinski definition) is 7. The number of nitrogens with zero attached hydrogens (tertiary/aromatic N) is 4. The lowest BCUT2D eigenvalue weighted by molar-refractivity contribution is -0.124. The van der Waals surface area contributed by atoms with Crippen LogP contribution in [0.15, 0.2) is 48.5 Å². The van der Waals surface area contributed by atoms with Gasteiger partial charge in [0.15, 0.2) is 5.82 Å². The third-order valence-corrected chi connectivity index (χ3v) is 7.14. The predicted molar refractivity (Wildman–Crippen MR) is 154 cm³/mol. The van der Waals surface area contributed by atoms with Gasteiger partial charge in [-0.25, -0.2) is 14.6 Å². The molecule has 3 aromatic rings. The molecule has 0 saturated carbocycles. The molecule has 11 heteroatoms. The highest BCUT2D eigenvalue weighted by Gasteiger charge is 2.42. The van der Waals surface area contributed by atoms with E-state index in [1.807, 2.05) is 35.6 Å². The lowest BCUT2D eigenvalue weighted by Crippen LogP contribution is -2.51. The van der Waals surface area contributed by atoms with E-state index < -0.39 is 24.1 Å². The number of carboxylic acid groups (broad SMARTS) is 1. The highest BCUT2D eigenvalue weighted by Crippen LogP contribution is 2.32. The maximum atomic E-state index is 13.4. The number of carbonyl (C=O) groups is 3. The van der Waals surface area contributed by atoms with Crippen molar-refractivity contribution < 1.29 is 29.0 Å². The van der Waals surface area contributed by atoms with E-state index in [0.29, 0.717) is 34.9 Å². The van der Waals surface area contributed by atoms with Gasteiger partial charge in [-0.05, 0) is 18.6 Å². The van der Waals surface area contributed by atoms with E-state index in [1.165, 1.54) is 4.90 Å². The molecule has 4 rings (SSSR count). The minimum absolute atomic E-state index is 0.0963. The van der Waals surface area contributed by atoms with Crippen LogP contribution >= 0.6 is 0 Å². The average Bonchev–Trinajstić information content (AvgIpc) is 3.40. The molecule has 2 heterocycles. The molecule has 1 fully saturated rings. The van der Waals surface area contributed by atoms with E-state index in [1.54, 1.807) is 37.3 Å². The second-order valence-electron chi connectivity index (χ2n) is 10.2. The Morgan fingerprint density at radius 3 is 2.54 bits per heavy atom. The molecular weight excluding hydrogens is 526 g/mol. The Labute approximate surface area is 239 Å². The van der Waals surface area contributed by atoms with Crippen LogP contribution in [0.1, 0.15) is 45.4 Å². The summed E-state index contributed by atoms with van der Waals surface area (Å²) in [5.74, 6) is 0.616. The molecule has 4 amide bonds. The number of nitrogens with one attached hydrogen (secondary N) is 1. The first-order valence-electron chi connectivity index (χ1n) is 13.9. The Bertz CT molecular complexity index is 1370. The number of aromatic nitrogens is 2. The van der Waals surface area contributed by atoms with Crippen molar-refractivity contribution in [1.82, 2.24) is 25.1 Å². The molecule has 2 atom stereocenters. The van der Waals surface area contributed by atoms with Crippen LogP contribution < -0.4 is 14.8 Å². The first kappa shape index (κ1) is 29.6. The van der Waals surface area contributed by atoms with E-state index in [0.717, 1.165) is 37.7 Å². The molecule has 1 aliphatic heterocycles. The molecule has 0 radical (unpaired) electrons. The largest absolute Gasteiger partial charge is 0.497 e. The number of benzene rings is 2. The lowest BCUT2D eigenvalue weighted by atomic mass is 10.1. The number of urea groups is 1. The zero-order chi connectivity index (χ0) is 29.4. The van der Waals surface area contributed by atoms with Crippen molar-refractivity contribution in [3.8, 4) is 23.0 Å². The van der Waals surface area contributed by atoms with Crippen molar-refractivity contribution in [2.24, 2.45) is 0 Å². The number of amides is 4. The summed E-state index contributed by atoms with van der Waals surface area (Å²) in [4.78, 5) is 49.9. The summed E-state index contributed by atoms with van der Waals surface area (Å²) >= 11 is 0. The summed E-state index contributed by atoms with van der Waals surface area (Å²) in [6.45, 7) is 2.78. The van der Waals surface area contributed by atoms with Crippen LogP contribution in [0.3, 0.4) is 0 Å². The van der Waals surface area contributed by atoms with Gasteiger partial charge in [0.1, 0.15) is 17.9 Å². The van der Waals surface area contributed by atoms with E-state index in [9.17, 15) is 14.4 Å². The third kappa shape index (κ3) is 7.41. The highest BCUT2D eigenvalue weighted by atomic mass is 16.5. The highest BCUT2D eigenvalue weighted by molar-refractivity contribution is 5.96. The number of hydrogen-bond donors (Lipinski definition) is 2. The number of likely N-dealkylation sites (tertiary alicyclic amines) is 1. The fourth-order valence-electron chi connectivity index (χ4n) is 4.97. The molecule has 218 valence electrons. The van der Waals surface area contributed by atoms with Gasteiger partial charge in [-0.2, -0.15) is 4.98 Å². The molecule has 2 aromatic carbocycles. The quantitative estimate of drug-likeness (QED) is 0.313. The number of unbranched alkanes of at least 4 members (excludes halogenated alkanes) is 4. The number of imide groups is 1. The fraction of sp³-hybridized carbons (Fsp3) is 0.433. The molecule has 0 bridgehead atoms. The number of ether oxygens (including phenoxy) is 2. The van der Waals surface area contributed by atoms with Gasteiger partial charge in [0, 0.05) is 31.6 Å². The monoisotopic (exact) mass is 563 g/mol. The van der Waals surface area contributed by atoms with Gasteiger partial charge >= 0.3 is 12.1 Å². The van der Waals surface area contributed by atoms with Crippen molar-refractivity contribution >= 4 is 28.9 Å². The summed E-state index contributed by atoms with van der Waals surface area (Å²) in [5, 5.41) is 11.7. The van der Waals surface area contributed by atoms with E-state index in [2.05, 4.69) is 6.92 Å². The van der Waals surface area contributed by atoms with Gasteiger partial charge < -0.3 is 24.4 Å². The minimum atomic E-state index is -1.47. The number of fused-ring (bicyclic) bond motifs is 1. The Morgan fingerprint density at radius 2 is 1.83 bits per heavy atom. The van der Waals surface area contributed by atoms with E-state index >= 15 is 0 Å². The zero-order valence-electron chi connectivity index (χ0n) is 23.7. The SMILES string of the molecule is CCCCCCCN(C)C(=O)N1C[C@H](Oc2nc(-c3ccccc3)nc3cc(OC)ccc23)C[C@H]1C(=O)NC(=O)O. The van der Waals surface area contributed by atoms with Crippen molar-refractivity contribution in [2.45, 2.75) is 57.6 Å². The first-order chi connectivity index (χ1) is 19.8. The molecular formula is C30H37N5O6. The van der Waals surface area contributed by atoms with Crippen LogP contribution in [0, 0.1) is 0 Å². The topological polar surface area (TPSA) is 134 Å². The lowest BCUT2D eigenvalue weighted by Gasteiger charge is -2.28. The predicted octanol–water partition coefficient (Wildman–Crippen LogP) is 4.94. The normalized spacial score (nSPS) is 16.4. The molecule has 0 unspecified atom stereocenters. The Hall–Kier alpha value is -4.41. The molecule has 41 heavy (non-hydrogen) atoms. The van der Waals surface area contributed by atoms with Crippen molar-refractivity contribution in [2.75, 3.05) is 27.2 Å². The molecule has 0 spiro atoms. The number of methoxy groups -OCH3 is 1. The summed E-state index contributed by atoms with van der Waals surface area (Å²) in [6.07, 6.45) is 3.27. The summed E-state index contributed by atoms with van der Waals surface area (Å²) in [6, 6.07) is 13.5. The number of carbonyl (C=O) groups excluding carboxylic acids is 2. The van der Waals surface area contributed by atoms with Crippen LogP contribution in [0.2, 0.25) is 0 Å². The summed E-state index contributed by atoms with van der Waals surface area (Å²) in [5.41, 5.74) is 1.41. The zero-order valence-corrected chi connectivity index (χ0v) is 23.7. The second kappa shape index (κ2) is 13.8. The van der Waals surface area contributed by atoms with Gasteiger partial charge in [-0.1, -0.05) is 62.9 Å². The van der Waals surface area contributed by atoms with Gasteiger partial charge in [0.25, 0.3) is 5.91 Å². The van der Waals surface area contributed by atoms with Crippen LogP contribution in [-0.2, 0) is 4.79 Å². The average molecular weight is 564 g/mol. The van der Waals surface area contributed by atoms with E-state index in [4.69, 9.17) is 24.5 Å². The standard InChI is InChI=1S/C30H37N5O6/c1-4-5-6-7-11-16-34(2)30(39)35-19-22(18-25(35)27(36)33-29(37)38)41-28-23-15-14-21(40-3)17-24(23)31-26(32-28)20-12-9-8-10-13-20/h8-10,12-15,17,22,25H,4-7,11,16,18-19H2,1-3H3,(H,33,36)(H,37,38)/t22-,25+/m1/s1. The molecule has 0 aliphatic carbocycles. The molecule has 2 N–H and O–H groups in total. The van der Waals surface area contributed by atoms with Gasteiger partial charge in [0.05, 0.1) is 24.6 Å². The van der Waals surface area contributed by atoms with Crippen LogP contribution in [0.4, 0.5) is 9.59 Å². The van der Waals surface area contributed by atoms with E-state index in [-0.39, 0.29) is 19.0 Å². The van der Waals surface area contributed by atoms with Crippen LogP contribution in [0.25, 0.3) is 22.3 Å². The Balaban J connectivity index is 1.59. The summed E-state index contributed by atoms with van der Waals surface area (Å²) in [7, 11) is 3.27. The van der Waals surface area contributed by atoms with Crippen molar-refractivity contribution in [1.29, 1.82) is 0 Å². The molecule has 1 aromatic heterocycles. The number of rotatable bonds is 11.